The lowest BCUT2D eigenvalue weighted by Crippen LogP contribution is -2.31. The fourth-order valence-electron chi connectivity index (χ4n) is 2.80. The molecule has 1 heterocycles. The van der Waals surface area contributed by atoms with Crippen LogP contribution in [0, 0.1) is 5.92 Å². The highest BCUT2D eigenvalue weighted by atomic mass is 16.5. The summed E-state index contributed by atoms with van der Waals surface area (Å²) in [6.07, 6.45) is 2.76. The summed E-state index contributed by atoms with van der Waals surface area (Å²) >= 11 is 0. The largest absolute Gasteiger partial charge is 0.494 e. The van der Waals surface area contributed by atoms with Crippen LogP contribution in [0.25, 0.3) is 0 Å². The van der Waals surface area contributed by atoms with Crippen molar-refractivity contribution in [2.75, 3.05) is 32.8 Å². The van der Waals surface area contributed by atoms with E-state index in [1.165, 1.54) is 38.0 Å². The van der Waals surface area contributed by atoms with E-state index in [0.29, 0.717) is 0 Å². The smallest absolute Gasteiger partial charge is 0.119 e. The first kappa shape index (κ1) is 15.3. The Bertz CT molecular complexity index is 371. The monoisotopic (exact) mass is 276 g/mol. The third-order valence-corrected chi connectivity index (χ3v) is 3.82. The number of hydrogen-bond donors (Lipinski definition) is 1. The van der Waals surface area contributed by atoms with Crippen LogP contribution in [0.1, 0.15) is 32.3 Å². The van der Waals surface area contributed by atoms with Crippen molar-refractivity contribution in [2.24, 2.45) is 5.92 Å². The summed E-state index contributed by atoms with van der Waals surface area (Å²) in [4.78, 5) is 2.59. The third-order valence-electron chi connectivity index (χ3n) is 3.82. The third kappa shape index (κ3) is 5.14. The summed E-state index contributed by atoms with van der Waals surface area (Å²) in [5, 5.41) is 3.56. The van der Waals surface area contributed by atoms with Gasteiger partial charge in [0.15, 0.2) is 0 Å². The van der Waals surface area contributed by atoms with Crippen LogP contribution in [0.4, 0.5) is 0 Å². The molecule has 3 heteroatoms. The highest BCUT2D eigenvalue weighted by Gasteiger charge is 2.14. The predicted molar refractivity (Wildman–Crippen MR) is 84.2 cm³/mol. The van der Waals surface area contributed by atoms with E-state index in [-0.39, 0.29) is 0 Å². The molecule has 3 nitrogen and oxygen atoms in total. The second kappa shape index (κ2) is 8.28. The van der Waals surface area contributed by atoms with E-state index >= 15 is 0 Å². The Morgan fingerprint density at radius 1 is 1.20 bits per heavy atom. The first-order valence-corrected chi connectivity index (χ1v) is 7.92. The Hall–Kier alpha value is -1.06. The van der Waals surface area contributed by atoms with Crippen LogP contribution in [0.3, 0.4) is 0 Å². The molecule has 1 unspecified atom stereocenters. The molecule has 0 bridgehead atoms. The summed E-state index contributed by atoms with van der Waals surface area (Å²) in [6, 6.07) is 8.38. The molecule has 0 aliphatic carbocycles. The summed E-state index contributed by atoms with van der Waals surface area (Å²) in [7, 11) is 0. The van der Waals surface area contributed by atoms with E-state index in [4.69, 9.17) is 4.74 Å². The molecule has 0 aromatic heterocycles. The summed E-state index contributed by atoms with van der Waals surface area (Å²) < 4.78 is 5.45. The SMILES string of the molecule is CCOc1ccc(CNCC(C)CN2CCCC2)cc1. The van der Waals surface area contributed by atoms with Crippen LogP contribution in [0.15, 0.2) is 24.3 Å². The van der Waals surface area contributed by atoms with Crippen LogP contribution in [0.5, 0.6) is 5.75 Å². The van der Waals surface area contributed by atoms with E-state index in [1.54, 1.807) is 0 Å². The second-order valence-electron chi connectivity index (χ2n) is 5.82. The molecule has 1 aliphatic rings. The van der Waals surface area contributed by atoms with Gasteiger partial charge in [0.1, 0.15) is 5.75 Å². The zero-order valence-corrected chi connectivity index (χ0v) is 12.9. The average Bonchev–Trinajstić information content (AvgIpc) is 2.94. The molecule has 1 aliphatic heterocycles. The maximum Gasteiger partial charge on any atom is 0.119 e. The van der Waals surface area contributed by atoms with Crippen LogP contribution in [-0.4, -0.2) is 37.7 Å². The molecule has 1 aromatic carbocycles. The van der Waals surface area contributed by atoms with Gasteiger partial charge in [-0.25, -0.2) is 0 Å². The molecule has 1 N–H and O–H groups in total. The number of nitrogens with zero attached hydrogens (tertiary/aromatic N) is 1. The Labute approximate surface area is 123 Å². The van der Waals surface area contributed by atoms with Gasteiger partial charge in [0.2, 0.25) is 0 Å². The minimum Gasteiger partial charge on any atom is -0.494 e. The molecule has 2 rings (SSSR count). The van der Waals surface area contributed by atoms with Crippen molar-refractivity contribution in [3.8, 4) is 5.75 Å². The van der Waals surface area contributed by atoms with E-state index in [9.17, 15) is 0 Å². The van der Waals surface area contributed by atoms with Crippen molar-refractivity contribution in [1.82, 2.24) is 10.2 Å². The highest BCUT2D eigenvalue weighted by molar-refractivity contribution is 5.27. The quantitative estimate of drug-likeness (QED) is 0.790. The summed E-state index contributed by atoms with van der Waals surface area (Å²) in [6.45, 7) is 10.9. The minimum atomic E-state index is 0.718. The fraction of sp³-hybridized carbons (Fsp3) is 0.647. The van der Waals surface area contributed by atoms with Crippen molar-refractivity contribution in [2.45, 2.75) is 33.2 Å². The number of rotatable bonds is 8. The van der Waals surface area contributed by atoms with E-state index in [1.807, 2.05) is 19.1 Å². The first-order chi connectivity index (χ1) is 9.78. The molecular weight excluding hydrogens is 248 g/mol. The highest BCUT2D eigenvalue weighted by Crippen LogP contribution is 2.12. The maximum atomic E-state index is 5.45. The molecule has 1 aromatic rings. The molecule has 0 spiro atoms. The molecule has 20 heavy (non-hydrogen) atoms. The first-order valence-electron chi connectivity index (χ1n) is 7.92. The van der Waals surface area contributed by atoms with Crippen molar-refractivity contribution in [3.05, 3.63) is 29.8 Å². The van der Waals surface area contributed by atoms with E-state index in [2.05, 4.69) is 29.3 Å². The average molecular weight is 276 g/mol. The molecule has 1 atom stereocenters. The molecule has 112 valence electrons. The summed E-state index contributed by atoms with van der Waals surface area (Å²) in [5.74, 6) is 1.68. The predicted octanol–water partition coefficient (Wildman–Crippen LogP) is 2.91. The zero-order chi connectivity index (χ0) is 14.2. The van der Waals surface area contributed by atoms with Crippen LogP contribution in [0.2, 0.25) is 0 Å². The lowest BCUT2D eigenvalue weighted by molar-refractivity contribution is 0.282. The Morgan fingerprint density at radius 3 is 2.55 bits per heavy atom. The maximum absolute atomic E-state index is 5.45. The summed E-state index contributed by atoms with van der Waals surface area (Å²) in [5.41, 5.74) is 1.32. The van der Waals surface area contributed by atoms with E-state index in [0.717, 1.165) is 31.4 Å². The fourth-order valence-corrected chi connectivity index (χ4v) is 2.80. The van der Waals surface area contributed by atoms with Crippen molar-refractivity contribution >= 4 is 0 Å². The zero-order valence-electron chi connectivity index (χ0n) is 12.9. The van der Waals surface area contributed by atoms with Gasteiger partial charge in [-0.05, 0) is 63.0 Å². The molecule has 1 fully saturated rings. The Kier molecular flexibility index (Phi) is 6.34. The number of likely N-dealkylation sites (tertiary alicyclic amines) is 1. The van der Waals surface area contributed by atoms with Crippen LogP contribution < -0.4 is 10.1 Å². The Balaban J connectivity index is 1.64. The van der Waals surface area contributed by atoms with Gasteiger partial charge in [-0.15, -0.1) is 0 Å². The van der Waals surface area contributed by atoms with Gasteiger partial charge in [-0.1, -0.05) is 19.1 Å². The van der Waals surface area contributed by atoms with Gasteiger partial charge in [0.05, 0.1) is 6.61 Å². The molecule has 0 amide bonds. The minimum absolute atomic E-state index is 0.718. The lowest BCUT2D eigenvalue weighted by Gasteiger charge is -2.20. The van der Waals surface area contributed by atoms with Gasteiger partial charge in [-0.2, -0.15) is 0 Å². The Morgan fingerprint density at radius 2 is 1.90 bits per heavy atom. The van der Waals surface area contributed by atoms with Crippen molar-refractivity contribution in [1.29, 1.82) is 0 Å². The molecular formula is C17H28N2O. The van der Waals surface area contributed by atoms with E-state index < -0.39 is 0 Å². The normalized spacial score (nSPS) is 17.3. The number of hydrogen-bond acceptors (Lipinski definition) is 3. The van der Waals surface area contributed by atoms with Crippen LogP contribution >= 0.6 is 0 Å². The van der Waals surface area contributed by atoms with Crippen LogP contribution in [-0.2, 0) is 6.54 Å². The van der Waals surface area contributed by atoms with Gasteiger partial charge < -0.3 is 15.0 Å². The van der Waals surface area contributed by atoms with Gasteiger partial charge in [0.25, 0.3) is 0 Å². The standard InChI is InChI=1S/C17H28N2O/c1-3-20-17-8-6-16(7-9-17)13-18-12-15(2)14-19-10-4-5-11-19/h6-9,15,18H,3-5,10-14H2,1-2H3. The van der Waals surface area contributed by atoms with Gasteiger partial charge in [-0.3, -0.25) is 0 Å². The molecule has 1 saturated heterocycles. The van der Waals surface area contributed by atoms with Crippen molar-refractivity contribution < 1.29 is 4.74 Å². The topological polar surface area (TPSA) is 24.5 Å². The van der Waals surface area contributed by atoms with Crippen molar-refractivity contribution in [3.63, 3.8) is 0 Å². The number of ether oxygens (including phenoxy) is 1. The number of benzene rings is 1. The van der Waals surface area contributed by atoms with Gasteiger partial charge in [0, 0.05) is 13.1 Å². The number of nitrogens with one attached hydrogen (secondary N) is 1. The van der Waals surface area contributed by atoms with Gasteiger partial charge >= 0.3 is 0 Å². The second-order valence-corrected chi connectivity index (χ2v) is 5.82. The molecule has 0 saturated carbocycles. The molecule has 0 radical (unpaired) electrons. The lowest BCUT2D eigenvalue weighted by atomic mass is 10.1.